The van der Waals surface area contributed by atoms with Crippen molar-refractivity contribution in [1.29, 1.82) is 0 Å². The van der Waals surface area contributed by atoms with Crippen LogP contribution in [0.1, 0.15) is 12.0 Å². The van der Waals surface area contributed by atoms with Crippen molar-refractivity contribution in [2.75, 3.05) is 38.2 Å². The maximum Gasteiger partial charge on any atom is 0.341 e. The molecule has 0 spiro atoms. The lowest BCUT2D eigenvalue weighted by atomic mass is 10.2. The molecule has 5 nitrogen and oxygen atoms in total. The highest BCUT2D eigenvalue weighted by molar-refractivity contribution is 7.91. The normalized spacial score (nSPS) is 16.2. The zero-order valence-electron chi connectivity index (χ0n) is 15.7. The Balaban J connectivity index is 1.72. The minimum Gasteiger partial charge on any atom is -0.497 e. The minimum atomic E-state index is -4.64. The van der Waals surface area contributed by atoms with Crippen molar-refractivity contribution in [3.8, 4) is 5.75 Å². The maximum atomic E-state index is 13.1. The van der Waals surface area contributed by atoms with Crippen molar-refractivity contribution in [3.63, 3.8) is 0 Å². The second-order valence-electron chi connectivity index (χ2n) is 6.74. The topological polar surface area (TPSA) is 49.9 Å². The Morgan fingerprint density at radius 2 is 1.71 bits per heavy atom. The van der Waals surface area contributed by atoms with Gasteiger partial charge in [-0.25, -0.2) is 8.42 Å². The lowest BCUT2D eigenvalue weighted by Gasteiger charge is -2.25. The number of sulfone groups is 1. The van der Waals surface area contributed by atoms with Crippen LogP contribution in [0.2, 0.25) is 0 Å². The van der Waals surface area contributed by atoms with Crippen LogP contribution in [-0.4, -0.2) is 52.4 Å². The second kappa shape index (κ2) is 8.87. The largest absolute Gasteiger partial charge is 0.497 e. The van der Waals surface area contributed by atoms with Gasteiger partial charge in [0.15, 0.2) is 0 Å². The zero-order chi connectivity index (χ0) is 20.1. The first kappa shape index (κ1) is 20.5. The van der Waals surface area contributed by atoms with Crippen LogP contribution in [0, 0.1) is 0 Å². The summed E-state index contributed by atoms with van der Waals surface area (Å²) >= 11 is 0. The molecular formula is C20H24F2N2O3S. The van der Waals surface area contributed by atoms with Crippen molar-refractivity contribution in [2.24, 2.45) is 0 Å². The average molecular weight is 410 g/mol. The van der Waals surface area contributed by atoms with Crippen LogP contribution in [0.15, 0.2) is 53.4 Å². The Morgan fingerprint density at radius 3 is 2.39 bits per heavy atom. The summed E-state index contributed by atoms with van der Waals surface area (Å²) in [6.45, 7) is 3.54. The Bertz CT molecular complexity index is 889. The molecule has 0 bridgehead atoms. The number of benzene rings is 2. The number of anilines is 1. The molecule has 1 saturated heterocycles. The SMILES string of the molecule is COc1ccc(CN2CCCN(c3ccccc3S(=O)(=O)C(F)F)CC2)cc1. The molecule has 8 heteroatoms. The van der Waals surface area contributed by atoms with Gasteiger partial charge in [-0.2, -0.15) is 8.78 Å². The van der Waals surface area contributed by atoms with Crippen LogP contribution in [0.5, 0.6) is 5.75 Å². The van der Waals surface area contributed by atoms with Gasteiger partial charge in [0.05, 0.1) is 17.7 Å². The summed E-state index contributed by atoms with van der Waals surface area (Å²) in [5, 5.41) is 0. The minimum absolute atomic E-state index is 0.298. The summed E-state index contributed by atoms with van der Waals surface area (Å²) in [5.41, 5.74) is 1.52. The van der Waals surface area contributed by atoms with Crippen molar-refractivity contribution in [3.05, 3.63) is 54.1 Å². The van der Waals surface area contributed by atoms with Crippen LogP contribution in [0.3, 0.4) is 0 Å². The van der Waals surface area contributed by atoms with Crippen LogP contribution in [0.4, 0.5) is 14.5 Å². The predicted octanol–water partition coefficient (Wildman–Crippen LogP) is 3.40. The number of hydrogen-bond acceptors (Lipinski definition) is 5. The molecule has 1 aliphatic heterocycles. The monoisotopic (exact) mass is 410 g/mol. The summed E-state index contributed by atoms with van der Waals surface area (Å²) in [7, 11) is -3.01. The second-order valence-corrected chi connectivity index (χ2v) is 8.62. The molecule has 0 unspecified atom stereocenters. The van der Waals surface area contributed by atoms with E-state index >= 15 is 0 Å². The van der Waals surface area contributed by atoms with Gasteiger partial charge in [0.25, 0.3) is 0 Å². The molecule has 0 N–H and O–H groups in total. The molecule has 1 heterocycles. The van der Waals surface area contributed by atoms with E-state index in [4.69, 9.17) is 4.74 Å². The first-order valence-electron chi connectivity index (χ1n) is 9.13. The van der Waals surface area contributed by atoms with Crippen LogP contribution >= 0.6 is 0 Å². The molecular weight excluding hydrogens is 386 g/mol. The molecule has 2 aromatic carbocycles. The van der Waals surface area contributed by atoms with E-state index in [1.54, 1.807) is 19.2 Å². The van der Waals surface area contributed by atoms with Gasteiger partial charge in [0.1, 0.15) is 5.75 Å². The van der Waals surface area contributed by atoms with Crippen LogP contribution < -0.4 is 9.64 Å². The third-order valence-electron chi connectivity index (χ3n) is 4.90. The van der Waals surface area contributed by atoms with Crippen LogP contribution in [-0.2, 0) is 16.4 Å². The lowest BCUT2D eigenvalue weighted by molar-refractivity contribution is 0.235. The third-order valence-corrected chi connectivity index (χ3v) is 6.33. The molecule has 28 heavy (non-hydrogen) atoms. The molecule has 2 aromatic rings. The van der Waals surface area contributed by atoms with E-state index in [0.717, 1.165) is 37.4 Å². The number of rotatable bonds is 6. The number of ether oxygens (including phenoxy) is 1. The fourth-order valence-corrected chi connectivity index (χ4v) is 4.36. The smallest absolute Gasteiger partial charge is 0.341 e. The highest BCUT2D eigenvalue weighted by Crippen LogP contribution is 2.30. The number of hydrogen-bond donors (Lipinski definition) is 0. The molecule has 0 amide bonds. The van der Waals surface area contributed by atoms with Gasteiger partial charge in [-0.1, -0.05) is 24.3 Å². The average Bonchev–Trinajstić information content (AvgIpc) is 2.94. The number of halogens is 2. The van der Waals surface area contributed by atoms with E-state index in [1.165, 1.54) is 12.1 Å². The van der Waals surface area contributed by atoms with Crippen molar-refractivity contribution in [2.45, 2.75) is 23.6 Å². The predicted molar refractivity (Wildman–Crippen MR) is 105 cm³/mol. The molecule has 1 aliphatic rings. The van der Waals surface area contributed by atoms with Gasteiger partial charge in [0, 0.05) is 32.7 Å². The molecule has 0 aliphatic carbocycles. The highest BCUT2D eigenvalue weighted by atomic mass is 32.2. The maximum absolute atomic E-state index is 13.1. The van der Waals surface area contributed by atoms with Crippen molar-refractivity contribution in [1.82, 2.24) is 4.90 Å². The molecule has 152 valence electrons. The summed E-state index contributed by atoms with van der Waals surface area (Å²) in [4.78, 5) is 3.88. The Labute approximate surface area is 164 Å². The first-order valence-corrected chi connectivity index (χ1v) is 10.7. The quantitative estimate of drug-likeness (QED) is 0.731. The lowest BCUT2D eigenvalue weighted by Crippen LogP contribution is -2.31. The van der Waals surface area contributed by atoms with Gasteiger partial charge in [-0.15, -0.1) is 0 Å². The van der Waals surface area contributed by atoms with Gasteiger partial charge in [0.2, 0.25) is 9.84 Å². The number of alkyl halides is 2. The molecule has 0 saturated carbocycles. The Kier molecular flexibility index (Phi) is 6.51. The Morgan fingerprint density at radius 1 is 1.00 bits per heavy atom. The Hall–Kier alpha value is -2.19. The fraction of sp³-hybridized carbons (Fsp3) is 0.400. The number of nitrogens with zero attached hydrogens (tertiary/aromatic N) is 2. The molecule has 1 fully saturated rings. The van der Waals surface area contributed by atoms with E-state index < -0.39 is 15.6 Å². The van der Waals surface area contributed by atoms with Crippen molar-refractivity contribution < 1.29 is 21.9 Å². The number of para-hydroxylation sites is 1. The van der Waals surface area contributed by atoms with Gasteiger partial charge < -0.3 is 9.64 Å². The molecule has 0 aromatic heterocycles. The third kappa shape index (κ3) is 4.62. The molecule has 0 atom stereocenters. The summed E-state index contributed by atoms with van der Waals surface area (Å²) in [5.74, 6) is -2.62. The standard InChI is InChI=1S/C20H24F2N2O3S/c1-27-17-9-7-16(8-10-17)15-23-11-4-12-24(14-13-23)18-5-2-3-6-19(18)28(25,26)20(21)22/h2-3,5-10,20H,4,11-15H2,1H3. The summed E-state index contributed by atoms with van der Waals surface area (Å²) in [6.07, 6.45) is 0.819. The van der Waals surface area contributed by atoms with Gasteiger partial charge in [-0.3, -0.25) is 4.90 Å². The van der Waals surface area contributed by atoms with Gasteiger partial charge in [-0.05, 0) is 36.2 Å². The summed E-state index contributed by atoms with van der Waals surface area (Å²) in [6, 6.07) is 13.9. The van der Waals surface area contributed by atoms with Crippen molar-refractivity contribution >= 4 is 15.5 Å². The molecule has 3 rings (SSSR count). The number of methoxy groups -OCH3 is 1. The van der Waals surface area contributed by atoms with E-state index in [0.29, 0.717) is 18.8 Å². The van der Waals surface area contributed by atoms with E-state index in [9.17, 15) is 17.2 Å². The van der Waals surface area contributed by atoms with Gasteiger partial charge >= 0.3 is 5.76 Å². The van der Waals surface area contributed by atoms with E-state index in [-0.39, 0.29) is 4.90 Å². The van der Waals surface area contributed by atoms with E-state index in [2.05, 4.69) is 4.90 Å². The summed E-state index contributed by atoms with van der Waals surface area (Å²) < 4.78 is 55.4. The van der Waals surface area contributed by atoms with Crippen LogP contribution in [0.25, 0.3) is 0 Å². The highest BCUT2D eigenvalue weighted by Gasteiger charge is 2.31. The molecule has 0 radical (unpaired) electrons. The zero-order valence-corrected chi connectivity index (χ0v) is 16.5. The fourth-order valence-electron chi connectivity index (χ4n) is 3.41. The van der Waals surface area contributed by atoms with E-state index in [1.807, 2.05) is 29.2 Å². The first-order chi connectivity index (χ1) is 13.4.